The number of hydrogen-bond acceptors (Lipinski definition) is 5. The van der Waals surface area contributed by atoms with Crippen molar-refractivity contribution in [2.45, 2.75) is 0 Å². The summed E-state index contributed by atoms with van der Waals surface area (Å²) in [5.41, 5.74) is 1.37. The molecule has 0 aliphatic carbocycles. The number of benzene rings is 3. The summed E-state index contributed by atoms with van der Waals surface area (Å²) in [6.07, 6.45) is 1.47. The fourth-order valence-corrected chi connectivity index (χ4v) is 3.35. The second-order valence-electron chi connectivity index (χ2n) is 7.20. The van der Waals surface area contributed by atoms with Crippen LogP contribution < -0.4 is 9.64 Å². The van der Waals surface area contributed by atoms with Gasteiger partial charge in [0.15, 0.2) is 5.78 Å². The number of pyridine rings is 1. The van der Waals surface area contributed by atoms with E-state index in [9.17, 15) is 14.7 Å². The molecule has 0 radical (unpaired) electrons. The Kier molecular flexibility index (Phi) is 6.38. The standard InChI is InChI=1S/C26H19ClN2O4/c1-29(20-11-9-19(27)10-12-20)24-14-8-18(16-28-24)25(30)17-7-13-23(22(15-17)26(31)32)33-21-5-3-2-4-6-21/h2-16H,1H3,(H,31,32). The van der Waals surface area contributed by atoms with Crippen LogP contribution in [-0.2, 0) is 0 Å². The van der Waals surface area contributed by atoms with Gasteiger partial charge in [0.25, 0.3) is 0 Å². The molecule has 1 aromatic heterocycles. The van der Waals surface area contributed by atoms with Gasteiger partial charge in [-0.2, -0.15) is 0 Å². The highest BCUT2D eigenvalue weighted by atomic mass is 35.5. The molecule has 4 aromatic rings. The molecule has 0 saturated carbocycles. The highest BCUT2D eigenvalue weighted by molar-refractivity contribution is 6.30. The third kappa shape index (κ3) is 5.02. The molecular weight excluding hydrogens is 440 g/mol. The number of rotatable bonds is 7. The quantitative estimate of drug-likeness (QED) is 0.331. The van der Waals surface area contributed by atoms with Crippen LogP contribution in [0.2, 0.25) is 5.02 Å². The number of carboxylic acids is 1. The van der Waals surface area contributed by atoms with Crippen molar-refractivity contribution in [3.8, 4) is 11.5 Å². The van der Waals surface area contributed by atoms with Crippen LogP contribution in [0.4, 0.5) is 11.5 Å². The molecule has 4 rings (SSSR count). The lowest BCUT2D eigenvalue weighted by molar-refractivity contribution is 0.0694. The number of para-hydroxylation sites is 1. The van der Waals surface area contributed by atoms with Gasteiger partial charge in [-0.25, -0.2) is 9.78 Å². The van der Waals surface area contributed by atoms with Crippen molar-refractivity contribution in [3.05, 3.63) is 113 Å². The Morgan fingerprint density at radius 2 is 1.61 bits per heavy atom. The lowest BCUT2D eigenvalue weighted by atomic mass is 10.0. The molecule has 0 atom stereocenters. The minimum Gasteiger partial charge on any atom is -0.478 e. The lowest BCUT2D eigenvalue weighted by Gasteiger charge is -2.18. The van der Waals surface area contributed by atoms with Crippen molar-refractivity contribution in [2.75, 3.05) is 11.9 Å². The molecule has 7 heteroatoms. The Bertz CT molecular complexity index is 1290. The van der Waals surface area contributed by atoms with Crippen LogP contribution in [-0.4, -0.2) is 28.9 Å². The zero-order valence-corrected chi connectivity index (χ0v) is 18.4. The molecule has 0 aliphatic rings. The number of carboxylic acid groups (broad SMARTS) is 1. The van der Waals surface area contributed by atoms with Gasteiger partial charge < -0.3 is 14.7 Å². The van der Waals surface area contributed by atoms with Gasteiger partial charge in [-0.3, -0.25) is 4.79 Å². The Morgan fingerprint density at radius 3 is 2.24 bits per heavy atom. The Labute approximate surface area is 195 Å². The van der Waals surface area contributed by atoms with Gasteiger partial charge in [0.2, 0.25) is 0 Å². The molecule has 0 saturated heterocycles. The lowest BCUT2D eigenvalue weighted by Crippen LogP contribution is -2.12. The molecule has 6 nitrogen and oxygen atoms in total. The SMILES string of the molecule is CN(c1ccc(Cl)cc1)c1ccc(C(=O)c2ccc(Oc3ccccc3)c(C(=O)O)c2)cn1. The first kappa shape index (κ1) is 22.0. The van der Waals surface area contributed by atoms with Crippen LogP contribution in [0.3, 0.4) is 0 Å². The van der Waals surface area contributed by atoms with Crippen molar-refractivity contribution in [2.24, 2.45) is 0 Å². The number of carbonyl (C=O) groups excluding carboxylic acids is 1. The summed E-state index contributed by atoms with van der Waals surface area (Å²) in [5.74, 6) is -0.218. The van der Waals surface area contributed by atoms with Crippen molar-refractivity contribution >= 4 is 34.9 Å². The number of nitrogens with zero attached hydrogens (tertiary/aromatic N) is 2. The predicted octanol–water partition coefficient (Wildman–Crippen LogP) is 6.22. The number of halogens is 1. The number of ether oxygens (including phenoxy) is 1. The zero-order chi connectivity index (χ0) is 23.4. The van der Waals surface area contributed by atoms with E-state index < -0.39 is 5.97 Å². The number of anilines is 2. The molecule has 164 valence electrons. The second kappa shape index (κ2) is 9.54. The number of hydrogen-bond donors (Lipinski definition) is 1. The second-order valence-corrected chi connectivity index (χ2v) is 7.64. The Morgan fingerprint density at radius 1 is 0.909 bits per heavy atom. The maximum atomic E-state index is 13.0. The van der Waals surface area contributed by atoms with Crippen LogP contribution in [0.1, 0.15) is 26.3 Å². The van der Waals surface area contributed by atoms with E-state index in [0.717, 1.165) is 5.69 Å². The smallest absolute Gasteiger partial charge is 0.339 e. The summed E-state index contributed by atoms with van der Waals surface area (Å²) in [6.45, 7) is 0. The minimum absolute atomic E-state index is 0.100. The van der Waals surface area contributed by atoms with Crippen molar-refractivity contribution in [1.82, 2.24) is 4.98 Å². The van der Waals surface area contributed by atoms with Gasteiger partial charge in [0, 0.05) is 35.1 Å². The average molecular weight is 459 g/mol. The van der Waals surface area contributed by atoms with Crippen LogP contribution in [0.15, 0.2) is 91.1 Å². The maximum Gasteiger partial charge on any atom is 0.339 e. The molecule has 0 spiro atoms. The molecule has 0 bridgehead atoms. The van der Waals surface area contributed by atoms with E-state index in [2.05, 4.69) is 4.98 Å². The summed E-state index contributed by atoms with van der Waals surface area (Å²) < 4.78 is 5.68. The number of carbonyl (C=O) groups is 2. The number of aromatic carboxylic acids is 1. The predicted molar refractivity (Wildman–Crippen MR) is 127 cm³/mol. The van der Waals surface area contributed by atoms with Gasteiger partial charge in [-0.05, 0) is 66.7 Å². The van der Waals surface area contributed by atoms with E-state index in [-0.39, 0.29) is 22.7 Å². The van der Waals surface area contributed by atoms with E-state index in [0.29, 0.717) is 22.2 Å². The molecular formula is C26H19ClN2O4. The van der Waals surface area contributed by atoms with Crippen LogP contribution in [0.25, 0.3) is 0 Å². The van der Waals surface area contributed by atoms with Gasteiger partial charge in [0.05, 0.1) is 0 Å². The molecule has 0 amide bonds. The van der Waals surface area contributed by atoms with E-state index in [1.165, 1.54) is 18.3 Å². The molecule has 3 aromatic carbocycles. The fraction of sp³-hybridized carbons (Fsp3) is 0.0385. The highest BCUT2D eigenvalue weighted by Crippen LogP contribution is 2.28. The van der Waals surface area contributed by atoms with E-state index in [4.69, 9.17) is 16.3 Å². The monoisotopic (exact) mass is 458 g/mol. The van der Waals surface area contributed by atoms with Crippen LogP contribution in [0.5, 0.6) is 11.5 Å². The van der Waals surface area contributed by atoms with Crippen molar-refractivity contribution < 1.29 is 19.4 Å². The highest BCUT2D eigenvalue weighted by Gasteiger charge is 2.18. The van der Waals surface area contributed by atoms with Crippen molar-refractivity contribution in [1.29, 1.82) is 0 Å². The molecule has 33 heavy (non-hydrogen) atoms. The summed E-state index contributed by atoms with van der Waals surface area (Å²) >= 11 is 5.94. The number of ketones is 1. The molecule has 0 unspecified atom stereocenters. The largest absolute Gasteiger partial charge is 0.478 e. The molecule has 0 aliphatic heterocycles. The number of aromatic nitrogens is 1. The maximum absolute atomic E-state index is 13.0. The molecule has 1 heterocycles. The third-order valence-corrected chi connectivity index (χ3v) is 5.26. The van der Waals surface area contributed by atoms with E-state index >= 15 is 0 Å². The van der Waals surface area contributed by atoms with Gasteiger partial charge in [-0.15, -0.1) is 0 Å². The van der Waals surface area contributed by atoms with Gasteiger partial charge >= 0.3 is 5.97 Å². The van der Waals surface area contributed by atoms with Gasteiger partial charge in [-0.1, -0.05) is 29.8 Å². The first-order chi connectivity index (χ1) is 15.9. The minimum atomic E-state index is -1.19. The van der Waals surface area contributed by atoms with Gasteiger partial charge in [0.1, 0.15) is 22.9 Å². The van der Waals surface area contributed by atoms with Crippen molar-refractivity contribution in [3.63, 3.8) is 0 Å². The zero-order valence-electron chi connectivity index (χ0n) is 17.6. The summed E-state index contributed by atoms with van der Waals surface area (Å²) in [4.78, 5) is 31.0. The first-order valence-electron chi connectivity index (χ1n) is 10.0. The van der Waals surface area contributed by atoms with Crippen LogP contribution >= 0.6 is 11.6 Å². The summed E-state index contributed by atoms with van der Waals surface area (Å²) in [7, 11) is 1.86. The fourth-order valence-electron chi connectivity index (χ4n) is 3.23. The summed E-state index contributed by atoms with van der Waals surface area (Å²) in [5, 5.41) is 10.3. The Balaban J connectivity index is 1.56. The summed E-state index contributed by atoms with van der Waals surface area (Å²) in [6, 6.07) is 23.9. The Hall–Kier alpha value is -4.16. The normalized spacial score (nSPS) is 10.5. The van der Waals surface area contributed by atoms with E-state index in [1.54, 1.807) is 54.6 Å². The first-order valence-corrected chi connectivity index (χ1v) is 10.4. The molecule has 0 fully saturated rings. The average Bonchev–Trinajstić information content (AvgIpc) is 2.84. The van der Waals surface area contributed by atoms with E-state index in [1.807, 2.05) is 30.1 Å². The topological polar surface area (TPSA) is 79.7 Å². The van der Waals surface area contributed by atoms with Crippen LogP contribution in [0, 0.1) is 0 Å². The third-order valence-electron chi connectivity index (χ3n) is 5.01. The molecule has 1 N–H and O–H groups in total.